The zero-order chi connectivity index (χ0) is 22.3. The van der Waals surface area contributed by atoms with Crippen LogP contribution in [-0.2, 0) is 11.2 Å². The lowest BCUT2D eigenvalue weighted by atomic mass is 9.89. The highest BCUT2D eigenvalue weighted by atomic mass is 35.5. The van der Waals surface area contributed by atoms with Crippen LogP contribution in [0.15, 0.2) is 47.5 Å². The predicted octanol–water partition coefficient (Wildman–Crippen LogP) is 7.25. The normalized spacial score (nSPS) is 16.4. The van der Waals surface area contributed by atoms with Crippen LogP contribution in [0.3, 0.4) is 0 Å². The van der Waals surface area contributed by atoms with Crippen molar-refractivity contribution in [2.45, 2.75) is 40.2 Å². The van der Waals surface area contributed by atoms with Gasteiger partial charge in [0.1, 0.15) is 17.6 Å². The van der Waals surface area contributed by atoms with E-state index in [0.29, 0.717) is 33.3 Å². The average Bonchev–Trinajstić information content (AvgIpc) is 3.33. The molecule has 0 aliphatic carbocycles. The Balaban J connectivity index is 1.91. The number of benzene rings is 2. The van der Waals surface area contributed by atoms with Gasteiger partial charge >= 0.3 is 0 Å². The Morgan fingerprint density at radius 1 is 1.03 bits per heavy atom. The van der Waals surface area contributed by atoms with Gasteiger partial charge in [0.15, 0.2) is 0 Å². The van der Waals surface area contributed by atoms with Crippen LogP contribution >= 0.6 is 34.8 Å². The van der Waals surface area contributed by atoms with Crippen molar-refractivity contribution in [2.75, 3.05) is 6.54 Å². The smallest absolute Gasteiger partial charge is 0.237 e. The second-order valence-electron chi connectivity index (χ2n) is 8.64. The number of hydrogen-bond acceptors (Lipinski definition) is 3. The lowest BCUT2D eigenvalue weighted by Crippen LogP contribution is -2.29. The van der Waals surface area contributed by atoms with E-state index in [4.69, 9.17) is 49.5 Å². The van der Waals surface area contributed by atoms with Crippen LogP contribution in [0.4, 0.5) is 0 Å². The number of hydrogen-bond donors (Lipinski definition) is 0. The summed E-state index contributed by atoms with van der Waals surface area (Å²) in [6.07, 6.45) is 0.745. The van der Waals surface area contributed by atoms with Crippen LogP contribution in [0.2, 0.25) is 15.1 Å². The van der Waals surface area contributed by atoms with Crippen LogP contribution in [0.25, 0.3) is 17.1 Å². The van der Waals surface area contributed by atoms with Crippen molar-refractivity contribution in [3.8, 4) is 17.1 Å². The van der Waals surface area contributed by atoms with Crippen molar-refractivity contribution in [2.24, 2.45) is 10.4 Å². The quantitative estimate of drug-likeness (QED) is 0.398. The minimum Gasteiger partial charge on any atom is -0.470 e. The fourth-order valence-corrected chi connectivity index (χ4v) is 4.25. The van der Waals surface area contributed by atoms with E-state index in [9.17, 15) is 0 Å². The second kappa shape index (κ2) is 8.50. The molecule has 4 nitrogen and oxygen atoms in total. The summed E-state index contributed by atoms with van der Waals surface area (Å²) in [6.45, 7) is 9.18. The summed E-state index contributed by atoms with van der Waals surface area (Å²) in [5.41, 5.74) is 3.44. The summed E-state index contributed by atoms with van der Waals surface area (Å²) in [6, 6.07) is 13.1. The molecule has 1 aliphatic rings. The summed E-state index contributed by atoms with van der Waals surface area (Å²) in [7, 11) is 0. The van der Waals surface area contributed by atoms with E-state index in [2.05, 4.69) is 32.3 Å². The second-order valence-corrected chi connectivity index (χ2v) is 9.92. The van der Waals surface area contributed by atoms with E-state index in [1.165, 1.54) is 0 Å². The molecule has 1 aromatic heterocycles. The minimum absolute atomic E-state index is 0.00968. The Kier molecular flexibility index (Phi) is 6.08. The van der Waals surface area contributed by atoms with E-state index in [-0.39, 0.29) is 11.5 Å². The van der Waals surface area contributed by atoms with Crippen molar-refractivity contribution >= 4 is 40.7 Å². The third kappa shape index (κ3) is 4.34. The first kappa shape index (κ1) is 22.2. The Hall–Kier alpha value is -2.01. The molecule has 0 saturated carbocycles. The molecule has 4 rings (SSSR count). The molecule has 1 unspecified atom stereocenters. The molecule has 1 aliphatic heterocycles. The van der Waals surface area contributed by atoms with Gasteiger partial charge in [-0.1, -0.05) is 62.5 Å². The third-order valence-electron chi connectivity index (χ3n) is 5.39. The van der Waals surface area contributed by atoms with Gasteiger partial charge in [0.05, 0.1) is 17.3 Å². The Bertz CT molecular complexity index is 1140. The highest BCUT2D eigenvalue weighted by molar-refractivity contribution is 6.36. The van der Waals surface area contributed by atoms with E-state index < -0.39 is 0 Å². The van der Waals surface area contributed by atoms with Gasteiger partial charge in [-0.25, -0.2) is 9.98 Å². The van der Waals surface area contributed by atoms with Gasteiger partial charge in [0.2, 0.25) is 5.90 Å². The molecule has 2 aromatic carbocycles. The zero-order valence-electron chi connectivity index (χ0n) is 17.9. The number of nitrogens with zero attached hydrogens (tertiary/aromatic N) is 3. The number of aliphatic imine (C=N–C) groups is 1. The standard InChI is InChI=1S/C24H24Cl3N3O/c1-5-19-21(23-28-13-20(31-23)24(2,3)4)29-22(17-11-8-15(26)12-18(17)27)30(19)16-9-6-14(25)7-10-16/h6-12,20H,5,13H2,1-4H3. The van der Waals surface area contributed by atoms with E-state index in [1.54, 1.807) is 6.07 Å². The maximum absolute atomic E-state index is 6.58. The largest absolute Gasteiger partial charge is 0.470 e. The van der Waals surface area contributed by atoms with Crippen molar-refractivity contribution in [1.29, 1.82) is 0 Å². The summed E-state index contributed by atoms with van der Waals surface area (Å²) in [5, 5.41) is 1.78. The number of halogens is 3. The van der Waals surface area contributed by atoms with Crippen molar-refractivity contribution in [3.05, 3.63) is 68.9 Å². The number of ether oxygens (including phenoxy) is 1. The molecule has 1 atom stereocenters. The van der Waals surface area contributed by atoms with Crippen LogP contribution in [0.1, 0.15) is 39.1 Å². The first-order valence-corrected chi connectivity index (χ1v) is 11.4. The minimum atomic E-state index is -0.0152. The molecule has 0 fully saturated rings. The Labute approximate surface area is 197 Å². The molecule has 31 heavy (non-hydrogen) atoms. The summed E-state index contributed by atoms with van der Waals surface area (Å²) < 4.78 is 8.36. The maximum Gasteiger partial charge on any atom is 0.237 e. The van der Waals surface area contributed by atoms with Gasteiger partial charge in [-0.3, -0.25) is 4.57 Å². The van der Waals surface area contributed by atoms with Gasteiger partial charge < -0.3 is 4.74 Å². The Morgan fingerprint density at radius 2 is 1.71 bits per heavy atom. The van der Waals surface area contributed by atoms with Gasteiger partial charge in [-0.15, -0.1) is 0 Å². The number of imidazole rings is 1. The molecular weight excluding hydrogens is 453 g/mol. The summed E-state index contributed by atoms with van der Waals surface area (Å²) in [5.74, 6) is 1.29. The Morgan fingerprint density at radius 3 is 2.29 bits per heavy atom. The predicted molar refractivity (Wildman–Crippen MR) is 129 cm³/mol. The van der Waals surface area contributed by atoms with E-state index in [0.717, 1.165) is 29.1 Å². The average molecular weight is 477 g/mol. The molecule has 0 radical (unpaired) electrons. The fraction of sp³-hybridized carbons (Fsp3) is 0.333. The molecule has 3 aromatic rings. The van der Waals surface area contributed by atoms with Crippen LogP contribution in [0.5, 0.6) is 0 Å². The third-order valence-corrected chi connectivity index (χ3v) is 6.19. The first-order chi connectivity index (χ1) is 14.7. The van der Waals surface area contributed by atoms with Crippen molar-refractivity contribution in [1.82, 2.24) is 9.55 Å². The maximum atomic E-state index is 6.58. The molecule has 2 heterocycles. The number of rotatable bonds is 4. The zero-order valence-corrected chi connectivity index (χ0v) is 20.2. The topological polar surface area (TPSA) is 39.4 Å². The molecule has 0 bridgehead atoms. The fourth-order valence-electron chi connectivity index (χ4n) is 3.63. The highest BCUT2D eigenvalue weighted by Gasteiger charge is 2.34. The molecular formula is C24H24Cl3N3O. The molecule has 162 valence electrons. The molecule has 0 N–H and O–H groups in total. The molecule has 0 saturated heterocycles. The van der Waals surface area contributed by atoms with Gasteiger partial charge in [0.25, 0.3) is 0 Å². The van der Waals surface area contributed by atoms with E-state index >= 15 is 0 Å². The van der Waals surface area contributed by atoms with Crippen LogP contribution in [-0.4, -0.2) is 28.1 Å². The molecule has 0 amide bonds. The van der Waals surface area contributed by atoms with Gasteiger partial charge in [-0.2, -0.15) is 0 Å². The SMILES string of the molecule is CCc1c(C2=NCC(C(C)(C)C)O2)nc(-c2ccc(Cl)cc2Cl)n1-c1ccc(Cl)cc1. The number of aromatic nitrogens is 2. The lowest BCUT2D eigenvalue weighted by molar-refractivity contribution is 0.103. The first-order valence-electron chi connectivity index (χ1n) is 10.2. The highest BCUT2D eigenvalue weighted by Crippen LogP contribution is 2.35. The van der Waals surface area contributed by atoms with Crippen LogP contribution < -0.4 is 0 Å². The summed E-state index contributed by atoms with van der Waals surface area (Å²) >= 11 is 18.9. The molecule has 0 spiro atoms. The van der Waals surface area contributed by atoms with Gasteiger partial charge in [0, 0.05) is 26.7 Å². The summed E-state index contributed by atoms with van der Waals surface area (Å²) in [4.78, 5) is 9.68. The van der Waals surface area contributed by atoms with E-state index in [1.807, 2.05) is 36.4 Å². The van der Waals surface area contributed by atoms with Crippen molar-refractivity contribution < 1.29 is 4.74 Å². The molecule has 7 heteroatoms. The monoisotopic (exact) mass is 475 g/mol. The van der Waals surface area contributed by atoms with Gasteiger partial charge in [-0.05, 0) is 48.9 Å². The van der Waals surface area contributed by atoms with Crippen LogP contribution in [0, 0.1) is 5.41 Å². The van der Waals surface area contributed by atoms with Crippen molar-refractivity contribution in [3.63, 3.8) is 0 Å². The lowest BCUT2D eigenvalue weighted by Gasteiger charge is -2.25.